The van der Waals surface area contributed by atoms with Crippen LogP contribution in [0.3, 0.4) is 0 Å². The monoisotopic (exact) mass is 370 g/mol. The van der Waals surface area contributed by atoms with Crippen molar-refractivity contribution in [2.75, 3.05) is 39.9 Å². The molecule has 1 fully saturated rings. The fraction of sp³-hybridized carbons (Fsp3) is 0.500. The molecule has 1 saturated heterocycles. The van der Waals surface area contributed by atoms with Gasteiger partial charge in [-0.05, 0) is 24.3 Å². The Kier molecular flexibility index (Phi) is 6.38. The molecule has 25 heavy (non-hydrogen) atoms. The molecule has 0 N–H and O–H groups in total. The van der Waals surface area contributed by atoms with E-state index in [2.05, 4.69) is 0 Å². The molecule has 0 saturated carbocycles. The number of hydrogen-bond donors (Lipinski definition) is 0. The molecule has 1 amide bonds. The third kappa shape index (κ3) is 4.70. The molecule has 0 radical (unpaired) electrons. The molecular weight excluding hydrogens is 348 g/mol. The van der Waals surface area contributed by atoms with Crippen LogP contribution in [-0.4, -0.2) is 69.4 Å². The minimum Gasteiger partial charge on any atom is -0.497 e. The first kappa shape index (κ1) is 19.2. The van der Waals surface area contributed by atoms with Gasteiger partial charge in [-0.25, -0.2) is 8.42 Å². The molecule has 1 aliphatic rings. The van der Waals surface area contributed by atoms with Crippen molar-refractivity contribution in [2.45, 2.75) is 18.2 Å². The predicted octanol–water partition coefficient (Wildman–Crippen LogP) is 0.481. The predicted molar refractivity (Wildman–Crippen MR) is 89.6 cm³/mol. The van der Waals surface area contributed by atoms with Crippen molar-refractivity contribution in [3.8, 4) is 5.75 Å². The first-order valence-electron chi connectivity index (χ1n) is 7.96. The lowest BCUT2D eigenvalue weighted by molar-refractivity contribution is -0.152. The fourth-order valence-electron chi connectivity index (χ4n) is 2.41. The molecule has 0 spiro atoms. The highest BCUT2D eigenvalue weighted by molar-refractivity contribution is 7.89. The van der Waals surface area contributed by atoms with Gasteiger partial charge in [0.25, 0.3) is 5.91 Å². The average molecular weight is 370 g/mol. The third-order valence-corrected chi connectivity index (χ3v) is 5.85. The molecule has 0 unspecified atom stereocenters. The van der Waals surface area contributed by atoms with Crippen LogP contribution in [0.4, 0.5) is 0 Å². The molecule has 0 aromatic heterocycles. The van der Waals surface area contributed by atoms with Crippen LogP contribution in [0.5, 0.6) is 5.75 Å². The molecule has 1 aliphatic heterocycles. The molecule has 2 rings (SSSR count). The highest BCUT2D eigenvalue weighted by Crippen LogP contribution is 2.20. The summed E-state index contributed by atoms with van der Waals surface area (Å²) < 4.78 is 36.4. The second-order valence-corrected chi connectivity index (χ2v) is 7.41. The average Bonchev–Trinajstić information content (AvgIpc) is 2.65. The van der Waals surface area contributed by atoms with Crippen LogP contribution in [0, 0.1) is 0 Å². The van der Waals surface area contributed by atoms with E-state index in [1.807, 2.05) is 0 Å². The number of carbonyl (C=O) groups excluding carboxylic acids is 2. The number of ether oxygens (including phenoxy) is 2. The highest BCUT2D eigenvalue weighted by atomic mass is 32.2. The van der Waals surface area contributed by atoms with Gasteiger partial charge in [0.2, 0.25) is 10.0 Å². The van der Waals surface area contributed by atoms with Crippen molar-refractivity contribution >= 4 is 21.9 Å². The number of rotatable bonds is 6. The van der Waals surface area contributed by atoms with Crippen LogP contribution in [0.2, 0.25) is 0 Å². The molecule has 1 aromatic rings. The van der Waals surface area contributed by atoms with Gasteiger partial charge in [0, 0.05) is 32.6 Å². The van der Waals surface area contributed by atoms with Gasteiger partial charge < -0.3 is 14.4 Å². The maximum Gasteiger partial charge on any atom is 0.306 e. The Morgan fingerprint density at radius 3 is 2.20 bits per heavy atom. The van der Waals surface area contributed by atoms with Crippen LogP contribution >= 0.6 is 0 Å². The zero-order valence-corrected chi connectivity index (χ0v) is 15.1. The third-order valence-electron chi connectivity index (χ3n) is 3.93. The van der Waals surface area contributed by atoms with Crippen LogP contribution in [0.1, 0.15) is 13.3 Å². The topological polar surface area (TPSA) is 93.2 Å². The van der Waals surface area contributed by atoms with Crippen molar-refractivity contribution in [1.29, 1.82) is 0 Å². The second kappa shape index (κ2) is 8.30. The van der Waals surface area contributed by atoms with Gasteiger partial charge in [-0.15, -0.1) is 0 Å². The molecule has 1 heterocycles. The molecule has 0 bridgehead atoms. The summed E-state index contributed by atoms with van der Waals surface area (Å²) in [6, 6.07) is 6.18. The van der Waals surface area contributed by atoms with E-state index in [1.54, 1.807) is 19.1 Å². The van der Waals surface area contributed by atoms with E-state index in [1.165, 1.54) is 28.4 Å². The Balaban J connectivity index is 1.94. The standard InChI is InChI=1S/C16H22N2O6S/c1-3-16(20)24-12-15(19)17-8-10-18(11-9-17)25(21,22)14-6-4-13(23-2)5-7-14/h4-7H,3,8-12H2,1-2H3. The van der Waals surface area contributed by atoms with Crippen LogP contribution < -0.4 is 4.74 Å². The lowest BCUT2D eigenvalue weighted by Crippen LogP contribution is -2.51. The van der Waals surface area contributed by atoms with E-state index in [0.717, 1.165) is 0 Å². The number of sulfonamides is 1. The summed E-state index contributed by atoms with van der Waals surface area (Å²) in [4.78, 5) is 24.8. The van der Waals surface area contributed by atoms with E-state index < -0.39 is 16.0 Å². The van der Waals surface area contributed by atoms with E-state index in [0.29, 0.717) is 5.75 Å². The van der Waals surface area contributed by atoms with Crippen molar-refractivity contribution in [3.05, 3.63) is 24.3 Å². The zero-order chi connectivity index (χ0) is 18.4. The summed E-state index contributed by atoms with van der Waals surface area (Å²) >= 11 is 0. The Morgan fingerprint density at radius 2 is 1.68 bits per heavy atom. The number of nitrogens with zero attached hydrogens (tertiary/aromatic N) is 2. The Bertz CT molecular complexity index is 709. The summed E-state index contributed by atoms with van der Waals surface area (Å²) in [6.45, 7) is 2.26. The van der Waals surface area contributed by atoms with E-state index in [9.17, 15) is 18.0 Å². The zero-order valence-electron chi connectivity index (χ0n) is 14.3. The summed E-state index contributed by atoms with van der Waals surface area (Å²) in [5.74, 6) is -0.173. The van der Waals surface area contributed by atoms with E-state index >= 15 is 0 Å². The van der Waals surface area contributed by atoms with Gasteiger partial charge in [0.1, 0.15) is 5.75 Å². The lowest BCUT2D eigenvalue weighted by Gasteiger charge is -2.33. The first-order chi connectivity index (χ1) is 11.9. The van der Waals surface area contributed by atoms with Crippen LogP contribution in [-0.2, 0) is 24.3 Å². The first-order valence-corrected chi connectivity index (χ1v) is 9.40. The minimum absolute atomic E-state index is 0.185. The Labute approximate surface area is 147 Å². The smallest absolute Gasteiger partial charge is 0.306 e. The second-order valence-electron chi connectivity index (χ2n) is 5.47. The summed E-state index contributed by atoms with van der Waals surface area (Å²) in [7, 11) is -2.10. The summed E-state index contributed by atoms with van der Waals surface area (Å²) in [5, 5.41) is 0. The highest BCUT2D eigenvalue weighted by Gasteiger charge is 2.30. The lowest BCUT2D eigenvalue weighted by atomic mass is 10.3. The maximum absolute atomic E-state index is 12.6. The molecule has 9 heteroatoms. The SMILES string of the molecule is CCC(=O)OCC(=O)N1CCN(S(=O)(=O)c2ccc(OC)cc2)CC1. The molecule has 0 aliphatic carbocycles. The Morgan fingerprint density at radius 1 is 1.08 bits per heavy atom. The normalized spacial score (nSPS) is 15.7. The fourth-order valence-corrected chi connectivity index (χ4v) is 3.83. The molecule has 8 nitrogen and oxygen atoms in total. The van der Waals surface area contributed by atoms with E-state index in [4.69, 9.17) is 9.47 Å². The van der Waals surface area contributed by atoms with Crippen molar-refractivity contribution in [3.63, 3.8) is 0 Å². The van der Waals surface area contributed by atoms with Gasteiger partial charge in [0.05, 0.1) is 12.0 Å². The number of amides is 1. The number of methoxy groups -OCH3 is 1. The molecule has 138 valence electrons. The number of hydrogen-bond acceptors (Lipinski definition) is 6. The Hall–Kier alpha value is -2.13. The van der Waals surface area contributed by atoms with Gasteiger partial charge in [-0.2, -0.15) is 4.31 Å². The van der Waals surface area contributed by atoms with Gasteiger partial charge in [-0.1, -0.05) is 6.92 Å². The van der Waals surface area contributed by atoms with Crippen molar-refractivity contribution in [2.24, 2.45) is 0 Å². The van der Waals surface area contributed by atoms with Gasteiger partial charge in [-0.3, -0.25) is 9.59 Å². The van der Waals surface area contributed by atoms with Crippen molar-refractivity contribution in [1.82, 2.24) is 9.21 Å². The number of piperazine rings is 1. The number of benzene rings is 1. The van der Waals surface area contributed by atoms with Gasteiger partial charge >= 0.3 is 5.97 Å². The van der Waals surface area contributed by atoms with Crippen LogP contribution in [0.25, 0.3) is 0 Å². The van der Waals surface area contributed by atoms with Crippen molar-refractivity contribution < 1.29 is 27.5 Å². The molecule has 0 atom stereocenters. The maximum atomic E-state index is 12.6. The quantitative estimate of drug-likeness (QED) is 0.676. The van der Waals surface area contributed by atoms with E-state index in [-0.39, 0.29) is 50.0 Å². The van der Waals surface area contributed by atoms with Gasteiger partial charge in [0.15, 0.2) is 6.61 Å². The van der Waals surface area contributed by atoms with Crippen LogP contribution in [0.15, 0.2) is 29.2 Å². The number of esters is 1. The minimum atomic E-state index is -3.61. The summed E-state index contributed by atoms with van der Waals surface area (Å²) in [6.07, 6.45) is 0.209. The molecular formula is C16H22N2O6S. The number of carbonyl (C=O) groups is 2. The largest absolute Gasteiger partial charge is 0.497 e. The summed E-state index contributed by atoms with van der Waals surface area (Å²) in [5.41, 5.74) is 0. The molecule has 1 aromatic carbocycles.